The lowest BCUT2D eigenvalue weighted by Gasteiger charge is -2.31. The smallest absolute Gasteiger partial charge is 0.335 e. The topological polar surface area (TPSA) is 94.8 Å². The molecule has 26 heavy (non-hydrogen) atoms. The van der Waals surface area contributed by atoms with Crippen molar-refractivity contribution in [2.75, 3.05) is 0 Å². The van der Waals surface area contributed by atoms with Crippen LogP contribution < -0.4 is 0 Å². The third-order valence-electron chi connectivity index (χ3n) is 5.51. The summed E-state index contributed by atoms with van der Waals surface area (Å²) in [4.78, 5) is 23.1. The Bertz CT molecular complexity index is 736. The summed E-state index contributed by atoms with van der Waals surface area (Å²) in [5, 5.41) is 29.2. The van der Waals surface area contributed by atoms with Crippen molar-refractivity contribution in [3.63, 3.8) is 0 Å². The van der Waals surface area contributed by atoms with Crippen LogP contribution in [0.15, 0.2) is 24.3 Å². The third-order valence-corrected chi connectivity index (χ3v) is 5.51. The van der Waals surface area contributed by atoms with Crippen LogP contribution in [-0.4, -0.2) is 38.8 Å². The lowest BCUT2D eigenvalue weighted by atomic mass is 9.80. The third kappa shape index (κ3) is 4.14. The fourth-order valence-electron chi connectivity index (χ4n) is 3.68. The Morgan fingerprint density at radius 1 is 1.23 bits per heavy atom. The van der Waals surface area contributed by atoms with Crippen molar-refractivity contribution in [1.82, 2.24) is 0 Å². The van der Waals surface area contributed by atoms with Crippen LogP contribution in [0.3, 0.4) is 0 Å². The number of aromatic carboxylic acids is 1. The van der Waals surface area contributed by atoms with E-state index in [0.29, 0.717) is 19.3 Å². The molecule has 1 aromatic rings. The van der Waals surface area contributed by atoms with E-state index in [0.717, 1.165) is 24.8 Å². The van der Waals surface area contributed by atoms with Crippen LogP contribution in [0.2, 0.25) is 0 Å². The van der Waals surface area contributed by atoms with Gasteiger partial charge in [-0.05, 0) is 56.2 Å². The summed E-state index contributed by atoms with van der Waals surface area (Å²) in [6.07, 6.45) is 3.80. The van der Waals surface area contributed by atoms with Gasteiger partial charge in [-0.2, -0.15) is 0 Å². The number of rotatable bonds is 5. The second kappa shape index (κ2) is 7.61. The van der Waals surface area contributed by atoms with Crippen molar-refractivity contribution in [3.05, 3.63) is 35.4 Å². The van der Waals surface area contributed by atoms with Crippen molar-refractivity contribution in [2.45, 2.75) is 56.7 Å². The number of carboxylic acids is 1. The first kappa shape index (κ1) is 18.6. The lowest BCUT2D eigenvalue weighted by molar-refractivity contribution is -0.121. The molecule has 0 amide bonds. The molecule has 0 aromatic heterocycles. The first-order valence-electron chi connectivity index (χ1n) is 9.16. The highest BCUT2D eigenvalue weighted by molar-refractivity contribution is 5.87. The second-order valence-electron chi connectivity index (χ2n) is 7.42. The Labute approximate surface area is 153 Å². The van der Waals surface area contributed by atoms with Crippen LogP contribution in [0, 0.1) is 23.7 Å². The van der Waals surface area contributed by atoms with E-state index < -0.39 is 23.6 Å². The van der Waals surface area contributed by atoms with Gasteiger partial charge >= 0.3 is 5.97 Å². The number of benzene rings is 1. The van der Waals surface area contributed by atoms with Crippen LogP contribution in [-0.2, 0) is 11.2 Å². The fourth-order valence-corrected chi connectivity index (χ4v) is 3.68. The number of aryl methyl sites for hydroxylation is 1. The summed E-state index contributed by atoms with van der Waals surface area (Å²) < 4.78 is 0. The molecule has 0 heterocycles. The van der Waals surface area contributed by atoms with Gasteiger partial charge in [0.15, 0.2) is 0 Å². The number of hydrogen-bond acceptors (Lipinski definition) is 4. The standard InChI is InChI=1S/C21H24O5/c22-18-13-19(23)17(9-12-21(26)10-2-11-21)16(18)4-1-3-14-5-7-15(8-6-14)20(24)25/h5-8,16-17,19,23,26H,1-4,10-11,13H2,(H,24,25)/t16-,17-,19-/m1/s1. The van der Waals surface area contributed by atoms with Gasteiger partial charge in [0, 0.05) is 12.3 Å². The van der Waals surface area contributed by atoms with Gasteiger partial charge in [0.25, 0.3) is 0 Å². The van der Waals surface area contributed by atoms with E-state index in [9.17, 15) is 19.8 Å². The monoisotopic (exact) mass is 356 g/mol. The molecule has 2 saturated carbocycles. The summed E-state index contributed by atoms with van der Waals surface area (Å²) in [5.74, 6) is 4.27. The van der Waals surface area contributed by atoms with E-state index in [1.165, 1.54) is 0 Å². The molecule has 0 spiro atoms. The van der Waals surface area contributed by atoms with E-state index in [2.05, 4.69) is 11.8 Å². The molecule has 0 saturated heterocycles. The van der Waals surface area contributed by atoms with Gasteiger partial charge in [-0.1, -0.05) is 24.0 Å². The number of ketones is 1. The quantitative estimate of drug-likeness (QED) is 0.703. The maximum absolute atomic E-state index is 12.2. The largest absolute Gasteiger partial charge is 0.478 e. The minimum absolute atomic E-state index is 0.0404. The number of aliphatic hydroxyl groups is 2. The maximum atomic E-state index is 12.2. The number of carboxylic acid groups (broad SMARTS) is 1. The van der Waals surface area contributed by atoms with Crippen molar-refractivity contribution in [2.24, 2.45) is 11.8 Å². The Kier molecular flexibility index (Phi) is 5.45. The van der Waals surface area contributed by atoms with Crippen LogP contribution >= 0.6 is 0 Å². The minimum Gasteiger partial charge on any atom is -0.478 e. The predicted octanol–water partition coefficient (Wildman–Crippen LogP) is 2.19. The average molecular weight is 356 g/mol. The van der Waals surface area contributed by atoms with Gasteiger partial charge < -0.3 is 15.3 Å². The highest BCUT2D eigenvalue weighted by atomic mass is 16.4. The van der Waals surface area contributed by atoms with Crippen molar-refractivity contribution < 1.29 is 24.9 Å². The molecule has 3 N–H and O–H groups in total. The van der Waals surface area contributed by atoms with E-state index >= 15 is 0 Å². The van der Waals surface area contributed by atoms with Gasteiger partial charge in [0.2, 0.25) is 0 Å². The number of hydrogen-bond donors (Lipinski definition) is 3. The molecule has 3 rings (SSSR count). The highest BCUT2D eigenvalue weighted by Gasteiger charge is 2.41. The van der Waals surface area contributed by atoms with Gasteiger partial charge in [0.1, 0.15) is 11.4 Å². The Morgan fingerprint density at radius 3 is 2.50 bits per heavy atom. The zero-order chi connectivity index (χ0) is 18.7. The Morgan fingerprint density at radius 2 is 1.92 bits per heavy atom. The fraction of sp³-hybridized carbons (Fsp3) is 0.524. The highest BCUT2D eigenvalue weighted by Crippen LogP contribution is 2.35. The zero-order valence-electron chi connectivity index (χ0n) is 14.6. The maximum Gasteiger partial charge on any atom is 0.335 e. The summed E-state index contributed by atoms with van der Waals surface area (Å²) in [7, 11) is 0. The Hall–Kier alpha value is -2.16. The zero-order valence-corrected chi connectivity index (χ0v) is 14.6. The summed E-state index contributed by atoms with van der Waals surface area (Å²) in [5.41, 5.74) is 0.349. The summed E-state index contributed by atoms with van der Waals surface area (Å²) in [6, 6.07) is 6.74. The van der Waals surface area contributed by atoms with Crippen molar-refractivity contribution in [1.29, 1.82) is 0 Å². The molecule has 5 nitrogen and oxygen atoms in total. The SMILES string of the molecule is O=C(O)c1ccc(CCC[C@H]2C(=O)C[C@@H](O)[C@@H]2C#CC2(O)CCC2)cc1. The minimum atomic E-state index is -0.948. The molecule has 0 bridgehead atoms. The molecule has 1 aromatic carbocycles. The van der Waals surface area contributed by atoms with E-state index in [4.69, 9.17) is 5.11 Å². The van der Waals surface area contributed by atoms with Crippen LogP contribution in [0.5, 0.6) is 0 Å². The van der Waals surface area contributed by atoms with E-state index in [1.807, 2.05) is 0 Å². The molecule has 2 fully saturated rings. The van der Waals surface area contributed by atoms with Crippen molar-refractivity contribution in [3.8, 4) is 11.8 Å². The molecule has 5 heteroatoms. The molecule has 138 valence electrons. The second-order valence-corrected chi connectivity index (χ2v) is 7.42. The van der Waals surface area contributed by atoms with E-state index in [1.54, 1.807) is 24.3 Å². The predicted molar refractivity (Wildman–Crippen MR) is 95.5 cm³/mol. The van der Waals surface area contributed by atoms with Crippen LogP contribution in [0.4, 0.5) is 0 Å². The van der Waals surface area contributed by atoms with Gasteiger partial charge in [-0.15, -0.1) is 0 Å². The molecular weight excluding hydrogens is 332 g/mol. The van der Waals surface area contributed by atoms with Crippen LogP contribution in [0.25, 0.3) is 0 Å². The molecule has 2 aliphatic rings. The van der Waals surface area contributed by atoms with Crippen molar-refractivity contribution >= 4 is 11.8 Å². The summed E-state index contributed by atoms with van der Waals surface area (Å²) in [6.45, 7) is 0. The average Bonchev–Trinajstić information content (AvgIpc) is 2.85. The lowest BCUT2D eigenvalue weighted by Crippen LogP contribution is -2.35. The number of aliphatic hydroxyl groups excluding tert-OH is 1. The molecule has 0 aliphatic heterocycles. The van der Waals surface area contributed by atoms with E-state index in [-0.39, 0.29) is 23.7 Å². The molecule has 2 aliphatic carbocycles. The number of carbonyl (C=O) groups is 2. The molecular formula is C21H24O5. The Balaban J connectivity index is 1.58. The first-order valence-corrected chi connectivity index (χ1v) is 9.16. The molecule has 0 radical (unpaired) electrons. The number of carbonyl (C=O) groups excluding carboxylic acids is 1. The normalized spacial score (nSPS) is 26.7. The summed E-state index contributed by atoms with van der Waals surface area (Å²) >= 11 is 0. The number of Topliss-reactive ketones (excluding diaryl/α,β-unsaturated/α-hetero) is 1. The van der Waals surface area contributed by atoms with Gasteiger partial charge in [-0.25, -0.2) is 4.79 Å². The van der Waals surface area contributed by atoms with Gasteiger partial charge in [-0.3, -0.25) is 4.79 Å². The first-order chi connectivity index (χ1) is 12.4. The molecule has 3 atom stereocenters. The van der Waals surface area contributed by atoms with Gasteiger partial charge in [0.05, 0.1) is 17.6 Å². The molecule has 0 unspecified atom stereocenters. The van der Waals surface area contributed by atoms with Crippen LogP contribution in [0.1, 0.15) is 54.4 Å².